The summed E-state index contributed by atoms with van der Waals surface area (Å²) in [5.41, 5.74) is 1.48. The molecule has 0 radical (unpaired) electrons. The smallest absolute Gasteiger partial charge is 0.328 e. The summed E-state index contributed by atoms with van der Waals surface area (Å²) in [6.07, 6.45) is 5.55. The quantitative estimate of drug-likeness (QED) is 0.473. The number of ketones is 1. The van der Waals surface area contributed by atoms with Crippen LogP contribution in [0.4, 0.5) is 5.69 Å². The van der Waals surface area contributed by atoms with E-state index in [2.05, 4.69) is 15.6 Å². The molecular formula is C27H28Cl2N4O5. The van der Waals surface area contributed by atoms with Crippen LogP contribution in [0.2, 0.25) is 10.0 Å². The van der Waals surface area contributed by atoms with Crippen LogP contribution in [0, 0.1) is 5.41 Å². The van der Waals surface area contributed by atoms with E-state index in [0.29, 0.717) is 43.7 Å². The average Bonchev–Trinajstić information content (AvgIpc) is 2.89. The molecular weight excluding hydrogens is 531 g/mol. The molecule has 9 nitrogen and oxygen atoms in total. The van der Waals surface area contributed by atoms with Crippen LogP contribution in [0.25, 0.3) is 0 Å². The first-order valence-corrected chi connectivity index (χ1v) is 13.0. The van der Waals surface area contributed by atoms with Crippen molar-refractivity contribution < 1.29 is 23.9 Å². The normalized spacial score (nSPS) is 16.8. The highest BCUT2D eigenvalue weighted by Crippen LogP contribution is 2.45. The van der Waals surface area contributed by atoms with E-state index in [1.807, 2.05) is 0 Å². The summed E-state index contributed by atoms with van der Waals surface area (Å²) >= 11 is 12.1. The van der Waals surface area contributed by atoms with Gasteiger partial charge in [-0.05, 0) is 37.5 Å². The first kappa shape index (κ1) is 27.6. The van der Waals surface area contributed by atoms with Gasteiger partial charge in [0.25, 0.3) is 5.91 Å². The molecule has 2 aromatic rings. The molecule has 0 saturated carbocycles. The van der Waals surface area contributed by atoms with Crippen molar-refractivity contribution in [2.45, 2.75) is 39.2 Å². The molecule has 2 heterocycles. The standard InChI is InChI=1S/C27H28Cl2N4O5/c1-3-38-26(37)21(32-22-13-23(35)27(22)8-10-33(11-9-27)16(2)34)12-17-4-6-18(7-5-17)31-25(36)24-19(28)14-30-15-20(24)29/h4-7,13-15,21,32H,3,8-12H2,1-2H3,(H,31,36)/t21-/m0/s1. The molecule has 1 aromatic heterocycles. The number of nitrogens with one attached hydrogen (secondary N) is 2. The molecule has 1 spiro atoms. The Morgan fingerprint density at radius 2 is 1.74 bits per heavy atom. The second-order valence-electron chi connectivity index (χ2n) is 9.29. The van der Waals surface area contributed by atoms with Crippen LogP contribution in [0.3, 0.4) is 0 Å². The third-order valence-corrected chi connectivity index (χ3v) is 7.53. The molecule has 11 heteroatoms. The first-order valence-electron chi connectivity index (χ1n) is 12.3. The van der Waals surface area contributed by atoms with Crippen molar-refractivity contribution in [2.24, 2.45) is 5.41 Å². The maximum Gasteiger partial charge on any atom is 0.328 e. The Hall–Kier alpha value is -3.43. The summed E-state index contributed by atoms with van der Waals surface area (Å²) in [5.74, 6) is -0.895. The van der Waals surface area contributed by atoms with Crippen LogP contribution in [-0.4, -0.2) is 59.2 Å². The number of aromatic nitrogens is 1. The number of nitrogens with zero attached hydrogens (tertiary/aromatic N) is 2. The number of benzene rings is 1. The lowest BCUT2D eigenvalue weighted by atomic mass is 9.65. The number of rotatable bonds is 8. The lowest BCUT2D eigenvalue weighted by Gasteiger charge is -2.46. The van der Waals surface area contributed by atoms with Gasteiger partial charge in [-0.15, -0.1) is 0 Å². The number of anilines is 1. The Morgan fingerprint density at radius 3 is 2.29 bits per heavy atom. The highest BCUT2D eigenvalue weighted by molar-refractivity contribution is 6.40. The highest BCUT2D eigenvalue weighted by Gasteiger charge is 2.50. The SMILES string of the molecule is CCOC(=O)[C@H](Cc1ccc(NC(=O)c2c(Cl)cncc2Cl)cc1)NC1=CC(=O)C12CCN(C(C)=O)CC2. The molecule has 2 N–H and O–H groups in total. The number of pyridine rings is 1. The number of allylic oxidation sites excluding steroid dienone is 2. The van der Waals surface area contributed by atoms with Crippen molar-refractivity contribution >= 4 is 52.5 Å². The maximum atomic E-state index is 12.8. The zero-order chi connectivity index (χ0) is 27.4. The van der Waals surface area contributed by atoms with Crippen LogP contribution in [0.5, 0.6) is 0 Å². The molecule has 1 fully saturated rings. The van der Waals surface area contributed by atoms with E-state index in [9.17, 15) is 19.2 Å². The Balaban J connectivity index is 1.44. The Labute approximate surface area is 230 Å². The van der Waals surface area contributed by atoms with Gasteiger partial charge >= 0.3 is 5.97 Å². The molecule has 0 unspecified atom stereocenters. The minimum absolute atomic E-state index is 0.0129. The van der Waals surface area contributed by atoms with Gasteiger partial charge in [-0.1, -0.05) is 35.3 Å². The fourth-order valence-electron chi connectivity index (χ4n) is 4.77. The maximum absolute atomic E-state index is 12.8. The predicted octanol–water partition coefficient (Wildman–Crippen LogP) is 3.80. The van der Waals surface area contributed by atoms with Crippen molar-refractivity contribution in [1.29, 1.82) is 0 Å². The third kappa shape index (κ3) is 5.68. The largest absolute Gasteiger partial charge is 0.464 e. The van der Waals surface area contributed by atoms with Crippen molar-refractivity contribution in [3.8, 4) is 0 Å². The van der Waals surface area contributed by atoms with Gasteiger partial charge in [0.1, 0.15) is 6.04 Å². The third-order valence-electron chi connectivity index (χ3n) is 6.96. The van der Waals surface area contributed by atoms with Crippen LogP contribution in [0.15, 0.2) is 48.4 Å². The highest BCUT2D eigenvalue weighted by atomic mass is 35.5. The second kappa shape index (κ2) is 11.5. The number of ether oxygens (including phenoxy) is 1. The summed E-state index contributed by atoms with van der Waals surface area (Å²) < 4.78 is 5.29. The van der Waals surface area contributed by atoms with E-state index >= 15 is 0 Å². The molecule has 2 amide bonds. The Bertz CT molecular complexity index is 1270. The van der Waals surface area contributed by atoms with Gasteiger partial charge in [0, 0.05) is 56.3 Å². The molecule has 1 saturated heterocycles. The van der Waals surface area contributed by atoms with E-state index in [4.69, 9.17) is 27.9 Å². The zero-order valence-corrected chi connectivity index (χ0v) is 22.6. The van der Waals surface area contributed by atoms with Crippen molar-refractivity contribution in [2.75, 3.05) is 25.0 Å². The number of amides is 2. The lowest BCUT2D eigenvalue weighted by molar-refractivity contribution is -0.146. The van der Waals surface area contributed by atoms with Gasteiger partial charge < -0.3 is 20.3 Å². The van der Waals surface area contributed by atoms with Crippen LogP contribution < -0.4 is 10.6 Å². The minimum Gasteiger partial charge on any atom is -0.464 e. The summed E-state index contributed by atoms with van der Waals surface area (Å²) in [4.78, 5) is 55.4. The average molecular weight is 559 g/mol. The Morgan fingerprint density at radius 1 is 1.11 bits per heavy atom. The number of halogens is 2. The topological polar surface area (TPSA) is 118 Å². The van der Waals surface area contributed by atoms with E-state index in [0.717, 1.165) is 5.56 Å². The summed E-state index contributed by atoms with van der Waals surface area (Å²) in [5, 5.41) is 6.30. The van der Waals surface area contributed by atoms with Gasteiger partial charge in [0.2, 0.25) is 5.91 Å². The van der Waals surface area contributed by atoms with Gasteiger partial charge in [-0.25, -0.2) is 4.79 Å². The summed E-state index contributed by atoms with van der Waals surface area (Å²) in [7, 11) is 0. The number of hydrogen-bond donors (Lipinski definition) is 2. The molecule has 200 valence electrons. The van der Waals surface area contributed by atoms with E-state index in [1.165, 1.54) is 25.4 Å². The van der Waals surface area contributed by atoms with Crippen molar-refractivity contribution in [3.63, 3.8) is 0 Å². The number of hydrogen-bond acceptors (Lipinski definition) is 7. The number of carbonyl (C=O) groups is 4. The zero-order valence-electron chi connectivity index (χ0n) is 21.1. The van der Waals surface area contributed by atoms with Crippen LogP contribution in [0.1, 0.15) is 42.6 Å². The molecule has 38 heavy (non-hydrogen) atoms. The van der Waals surface area contributed by atoms with Crippen LogP contribution in [-0.2, 0) is 25.5 Å². The second-order valence-corrected chi connectivity index (χ2v) is 10.1. The number of carbonyl (C=O) groups excluding carboxylic acids is 4. The van der Waals surface area contributed by atoms with Crippen molar-refractivity contribution in [3.05, 3.63) is 69.6 Å². The Kier molecular flexibility index (Phi) is 8.38. The lowest BCUT2D eigenvalue weighted by Crippen LogP contribution is -2.56. The minimum atomic E-state index is -0.716. The fourth-order valence-corrected chi connectivity index (χ4v) is 5.30. The van der Waals surface area contributed by atoms with Gasteiger partial charge in [0.05, 0.1) is 27.6 Å². The monoisotopic (exact) mass is 558 g/mol. The first-order chi connectivity index (χ1) is 18.1. The number of esters is 1. The molecule has 1 aliphatic carbocycles. The number of piperidine rings is 1. The van der Waals surface area contributed by atoms with Crippen LogP contribution >= 0.6 is 23.2 Å². The molecule has 1 aliphatic heterocycles. The van der Waals surface area contributed by atoms with Gasteiger partial charge in [0.15, 0.2) is 5.78 Å². The molecule has 0 bridgehead atoms. The summed E-state index contributed by atoms with van der Waals surface area (Å²) in [6, 6.07) is 6.29. The predicted molar refractivity (Wildman–Crippen MR) is 143 cm³/mol. The molecule has 1 atom stereocenters. The fraction of sp³-hybridized carbons (Fsp3) is 0.370. The van der Waals surface area contributed by atoms with E-state index in [-0.39, 0.29) is 33.9 Å². The molecule has 2 aliphatic rings. The van der Waals surface area contributed by atoms with Crippen molar-refractivity contribution in [1.82, 2.24) is 15.2 Å². The summed E-state index contributed by atoms with van der Waals surface area (Å²) in [6.45, 7) is 4.46. The van der Waals surface area contributed by atoms with E-state index < -0.39 is 23.3 Å². The van der Waals surface area contributed by atoms with E-state index in [1.54, 1.807) is 36.1 Å². The molecule has 4 rings (SSSR count). The number of likely N-dealkylation sites (tertiary alicyclic amines) is 1. The molecule has 1 aromatic carbocycles. The van der Waals surface area contributed by atoms with Gasteiger partial charge in [-0.3, -0.25) is 19.4 Å². The van der Waals surface area contributed by atoms with Gasteiger partial charge in [-0.2, -0.15) is 0 Å².